The maximum atomic E-state index is 12.1. The highest BCUT2D eigenvalue weighted by Crippen LogP contribution is 2.21. The summed E-state index contributed by atoms with van der Waals surface area (Å²) in [5.74, 6) is 0.167. The smallest absolute Gasteiger partial charge is 0.274 e. The van der Waals surface area contributed by atoms with Gasteiger partial charge >= 0.3 is 0 Å². The van der Waals surface area contributed by atoms with Crippen LogP contribution in [0.2, 0.25) is 0 Å². The Bertz CT molecular complexity index is 406. The molecule has 1 fully saturated rings. The van der Waals surface area contributed by atoms with Crippen LogP contribution in [0.3, 0.4) is 0 Å². The molecular weight excluding hydrogens is 218 g/mol. The first kappa shape index (κ1) is 12.1. The lowest BCUT2D eigenvalue weighted by molar-refractivity contribution is 0.0756. The van der Waals surface area contributed by atoms with Gasteiger partial charge in [-0.25, -0.2) is 0 Å². The van der Waals surface area contributed by atoms with Crippen molar-refractivity contribution in [2.24, 2.45) is 13.0 Å². The molecule has 1 aromatic heterocycles. The Balaban J connectivity index is 2.07. The van der Waals surface area contributed by atoms with Crippen LogP contribution in [-0.2, 0) is 7.05 Å². The molecule has 0 aromatic carbocycles. The minimum absolute atomic E-state index is 0.0307. The average Bonchev–Trinajstić information content (AvgIpc) is 2.86. The molecule has 1 aliphatic heterocycles. The van der Waals surface area contributed by atoms with Crippen LogP contribution in [0, 0.1) is 12.8 Å². The molecular formula is C12H19N3O2. The average molecular weight is 237 g/mol. The largest absolute Gasteiger partial charge is 0.393 e. The lowest BCUT2D eigenvalue weighted by atomic mass is 10.0. The third-order valence-electron chi connectivity index (χ3n) is 3.53. The maximum Gasteiger partial charge on any atom is 0.274 e. The number of hydrogen-bond donors (Lipinski definition) is 1. The van der Waals surface area contributed by atoms with Crippen molar-refractivity contribution in [2.45, 2.75) is 26.4 Å². The molecule has 0 spiro atoms. The lowest BCUT2D eigenvalue weighted by Crippen LogP contribution is -2.30. The summed E-state index contributed by atoms with van der Waals surface area (Å²) in [6.07, 6.45) is 0.521. The number of carbonyl (C=O) groups is 1. The third-order valence-corrected chi connectivity index (χ3v) is 3.53. The van der Waals surface area contributed by atoms with Crippen molar-refractivity contribution in [3.8, 4) is 0 Å². The molecule has 0 bridgehead atoms. The Morgan fingerprint density at radius 2 is 2.35 bits per heavy atom. The predicted octanol–water partition coefficient (Wildman–Crippen LogP) is 0.571. The summed E-state index contributed by atoms with van der Waals surface area (Å²) in [6, 6.07) is 1.80. The van der Waals surface area contributed by atoms with Gasteiger partial charge in [-0.3, -0.25) is 9.48 Å². The lowest BCUT2D eigenvalue weighted by Gasteiger charge is -2.16. The summed E-state index contributed by atoms with van der Waals surface area (Å²) in [7, 11) is 1.83. The fourth-order valence-electron chi connectivity index (χ4n) is 2.19. The van der Waals surface area contributed by atoms with Crippen molar-refractivity contribution < 1.29 is 9.90 Å². The summed E-state index contributed by atoms with van der Waals surface area (Å²) < 4.78 is 1.70. The van der Waals surface area contributed by atoms with E-state index in [0.717, 1.165) is 12.1 Å². The summed E-state index contributed by atoms with van der Waals surface area (Å²) in [5, 5.41) is 13.7. The quantitative estimate of drug-likeness (QED) is 0.818. The molecule has 2 atom stereocenters. The molecule has 1 N–H and O–H groups in total. The van der Waals surface area contributed by atoms with Gasteiger partial charge in [0.2, 0.25) is 0 Å². The third kappa shape index (κ3) is 2.34. The van der Waals surface area contributed by atoms with Gasteiger partial charge in [0.1, 0.15) is 0 Å². The van der Waals surface area contributed by atoms with E-state index in [1.165, 1.54) is 0 Å². The van der Waals surface area contributed by atoms with Crippen molar-refractivity contribution in [1.29, 1.82) is 0 Å². The molecule has 0 aliphatic carbocycles. The minimum Gasteiger partial charge on any atom is -0.393 e. The standard InChI is InChI=1S/C12H19N3O2/c1-8-6-11(13-14(8)3)12(17)15-5-4-10(7-15)9(2)16/h6,9-10,16H,4-5,7H2,1-3H3. The van der Waals surface area contributed by atoms with Crippen LogP contribution in [0.4, 0.5) is 0 Å². The molecule has 5 nitrogen and oxygen atoms in total. The van der Waals surface area contributed by atoms with Gasteiger partial charge in [-0.05, 0) is 26.3 Å². The molecule has 94 valence electrons. The molecule has 2 heterocycles. The number of carbonyl (C=O) groups excluding carboxylic acids is 1. The number of rotatable bonds is 2. The number of nitrogens with zero attached hydrogens (tertiary/aromatic N) is 3. The fraction of sp³-hybridized carbons (Fsp3) is 0.667. The van der Waals surface area contributed by atoms with E-state index in [0.29, 0.717) is 18.8 Å². The molecule has 1 aromatic rings. The molecule has 2 unspecified atom stereocenters. The molecule has 5 heteroatoms. The van der Waals surface area contributed by atoms with E-state index in [2.05, 4.69) is 5.10 Å². The van der Waals surface area contributed by atoms with E-state index in [1.807, 2.05) is 14.0 Å². The Hall–Kier alpha value is -1.36. The number of amides is 1. The highest BCUT2D eigenvalue weighted by molar-refractivity contribution is 5.92. The van der Waals surface area contributed by atoms with Gasteiger partial charge in [0.05, 0.1) is 6.10 Å². The van der Waals surface area contributed by atoms with Crippen molar-refractivity contribution in [3.63, 3.8) is 0 Å². The Morgan fingerprint density at radius 3 is 2.82 bits per heavy atom. The normalized spacial score (nSPS) is 21.9. The van der Waals surface area contributed by atoms with Gasteiger partial charge in [-0.15, -0.1) is 0 Å². The maximum absolute atomic E-state index is 12.1. The van der Waals surface area contributed by atoms with Crippen LogP contribution < -0.4 is 0 Å². The van der Waals surface area contributed by atoms with E-state index in [9.17, 15) is 9.90 Å². The van der Waals surface area contributed by atoms with Gasteiger partial charge in [-0.2, -0.15) is 5.10 Å². The molecule has 2 rings (SSSR count). The second-order valence-corrected chi connectivity index (χ2v) is 4.84. The van der Waals surface area contributed by atoms with Gasteiger partial charge < -0.3 is 10.0 Å². The zero-order valence-electron chi connectivity index (χ0n) is 10.6. The Kier molecular flexibility index (Phi) is 3.19. The number of hydrogen-bond acceptors (Lipinski definition) is 3. The van der Waals surface area contributed by atoms with Gasteiger partial charge in [-0.1, -0.05) is 0 Å². The Labute approximate surface area is 101 Å². The van der Waals surface area contributed by atoms with Crippen LogP contribution in [0.1, 0.15) is 29.5 Å². The summed E-state index contributed by atoms with van der Waals surface area (Å²) in [6.45, 7) is 5.05. The van der Waals surface area contributed by atoms with Crippen LogP contribution in [0.15, 0.2) is 6.07 Å². The first-order valence-corrected chi connectivity index (χ1v) is 5.97. The number of likely N-dealkylation sites (tertiary alicyclic amines) is 1. The van der Waals surface area contributed by atoms with Crippen molar-refractivity contribution in [1.82, 2.24) is 14.7 Å². The van der Waals surface area contributed by atoms with Crippen molar-refractivity contribution in [3.05, 3.63) is 17.5 Å². The van der Waals surface area contributed by atoms with E-state index >= 15 is 0 Å². The van der Waals surface area contributed by atoms with Gasteiger partial charge in [0.15, 0.2) is 5.69 Å². The molecule has 17 heavy (non-hydrogen) atoms. The van der Waals surface area contributed by atoms with Crippen molar-refractivity contribution >= 4 is 5.91 Å². The number of aliphatic hydroxyl groups is 1. The highest BCUT2D eigenvalue weighted by Gasteiger charge is 2.30. The number of aryl methyl sites for hydroxylation is 2. The van der Waals surface area contributed by atoms with E-state index in [1.54, 1.807) is 22.6 Å². The van der Waals surface area contributed by atoms with Crippen LogP contribution >= 0.6 is 0 Å². The van der Waals surface area contributed by atoms with E-state index in [-0.39, 0.29) is 17.9 Å². The zero-order valence-corrected chi connectivity index (χ0v) is 10.6. The SMILES string of the molecule is Cc1cc(C(=O)N2CCC(C(C)O)C2)nn1C. The molecule has 1 amide bonds. The predicted molar refractivity (Wildman–Crippen MR) is 63.6 cm³/mol. The Morgan fingerprint density at radius 1 is 1.65 bits per heavy atom. The first-order chi connectivity index (χ1) is 7.99. The van der Waals surface area contributed by atoms with Crippen molar-refractivity contribution in [2.75, 3.05) is 13.1 Å². The first-order valence-electron chi connectivity index (χ1n) is 5.97. The summed E-state index contributed by atoms with van der Waals surface area (Å²) >= 11 is 0. The van der Waals surface area contributed by atoms with Crippen LogP contribution in [-0.4, -0.2) is 44.9 Å². The topological polar surface area (TPSA) is 58.4 Å². The highest BCUT2D eigenvalue weighted by atomic mass is 16.3. The van der Waals surface area contributed by atoms with Gasteiger partial charge in [0.25, 0.3) is 5.91 Å². The minimum atomic E-state index is -0.349. The number of aromatic nitrogens is 2. The van der Waals surface area contributed by atoms with Gasteiger partial charge in [0, 0.05) is 31.7 Å². The summed E-state index contributed by atoms with van der Waals surface area (Å²) in [5.41, 5.74) is 1.47. The van der Waals surface area contributed by atoms with E-state index < -0.39 is 0 Å². The monoisotopic (exact) mass is 237 g/mol. The van der Waals surface area contributed by atoms with Crippen LogP contribution in [0.25, 0.3) is 0 Å². The second-order valence-electron chi connectivity index (χ2n) is 4.84. The van der Waals surface area contributed by atoms with E-state index in [4.69, 9.17) is 0 Å². The molecule has 1 saturated heterocycles. The molecule has 0 saturated carbocycles. The number of aliphatic hydroxyl groups excluding tert-OH is 1. The fourth-order valence-corrected chi connectivity index (χ4v) is 2.19. The molecule has 1 aliphatic rings. The molecule has 0 radical (unpaired) electrons. The second kappa shape index (κ2) is 4.49. The van der Waals surface area contributed by atoms with Crippen LogP contribution in [0.5, 0.6) is 0 Å². The summed E-state index contributed by atoms with van der Waals surface area (Å²) in [4.78, 5) is 13.9. The zero-order chi connectivity index (χ0) is 12.6.